The first-order valence-corrected chi connectivity index (χ1v) is 7.10. The van der Waals surface area contributed by atoms with Gasteiger partial charge in [0.15, 0.2) is 0 Å². The quantitative estimate of drug-likeness (QED) is 0.790. The van der Waals surface area contributed by atoms with Gasteiger partial charge in [-0.3, -0.25) is 9.00 Å². The van der Waals surface area contributed by atoms with E-state index >= 15 is 0 Å². The van der Waals surface area contributed by atoms with Gasteiger partial charge < -0.3 is 11.1 Å². The van der Waals surface area contributed by atoms with Gasteiger partial charge >= 0.3 is 0 Å². The summed E-state index contributed by atoms with van der Waals surface area (Å²) in [7, 11) is -0.918. The molecule has 1 rings (SSSR count). The minimum Gasteiger partial charge on any atom is -0.399 e. The molecule has 0 aliphatic heterocycles. The Morgan fingerprint density at radius 3 is 2.76 bits per heavy atom. The lowest BCUT2D eigenvalue weighted by Crippen LogP contribution is -2.36. The highest BCUT2D eigenvalue weighted by Crippen LogP contribution is 2.12. The van der Waals surface area contributed by atoms with E-state index in [1.54, 1.807) is 18.4 Å². The molecule has 1 aromatic rings. The number of anilines is 1. The Morgan fingerprint density at radius 1 is 1.53 bits per heavy atom. The molecule has 0 radical (unpaired) electrons. The van der Waals surface area contributed by atoms with Crippen LogP contribution in [0.4, 0.5) is 5.69 Å². The number of benzene rings is 1. The van der Waals surface area contributed by atoms with Crippen LogP contribution in [-0.2, 0) is 10.8 Å². The van der Waals surface area contributed by atoms with Crippen molar-refractivity contribution in [3.63, 3.8) is 0 Å². The minimum absolute atomic E-state index is 0.117. The third-order valence-corrected chi connectivity index (χ3v) is 3.34. The van der Waals surface area contributed by atoms with E-state index in [-0.39, 0.29) is 11.9 Å². The second-order valence-corrected chi connectivity index (χ2v) is 5.67. The van der Waals surface area contributed by atoms with E-state index in [9.17, 15) is 9.00 Å². The lowest BCUT2D eigenvalue weighted by molar-refractivity contribution is 0.0943. The molecule has 0 aromatic heterocycles. The molecule has 0 spiro atoms. The van der Waals surface area contributed by atoms with E-state index in [2.05, 4.69) is 5.32 Å². The number of nitrogen functional groups attached to an aromatic ring is 1. The highest BCUT2D eigenvalue weighted by molar-refractivity contribution is 7.84. The molecule has 17 heavy (non-hydrogen) atoms. The average molecular weight is 254 g/mol. The third-order valence-electron chi connectivity index (χ3n) is 2.37. The third kappa shape index (κ3) is 4.19. The van der Waals surface area contributed by atoms with Gasteiger partial charge in [0.1, 0.15) is 0 Å². The van der Waals surface area contributed by atoms with E-state index in [4.69, 9.17) is 5.73 Å². The molecule has 0 aliphatic carbocycles. The predicted molar refractivity (Wildman–Crippen MR) is 71.5 cm³/mol. The Hall–Kier alpha value is -1.36. The molecule has 0 saturated carbocycles. The Labute approximate surface area is 104 Å². The largest absolute Gasteiger partial charge is 0.399 e. The molecule has 1 amide bonds. The monoisotopic (exact) mass is 254 g/mol. The normalized spacial score (nSPS) is 14.1. The highest BCUT2D eigenvalue weighted by atomic mass is 32.2. The van der Waals surface area contributed by atoms with Gasteiger partial charge in [-0.1, -0.05) is 6.07 Å². The Bertz CT molecular complexity index is 446. The van der Waals surface area contributed by atoms with Crippen LogP contribution in [0.5, 0.6) is 0 Å². The molecule has 94 valence electrons. The maximum absolute atomic E-state index is 11.9. The van der Waals surface area contributed by atoms with Crippen molar-refractivity contribution in [2.75, 3.05) is 17.7 Å². The zero-order valence-corrected chi connectivity index (χ0v) is 11.1. The van der Waals surface area contributed by atoms with Gasteiger partial charge in [0.25, 0.3) is 5.91 Å². The van der Waals surface area contributed by atoms with Crippen molar-refractivity contribution < 1.29 is 9.00 Å². The summed E-state index contributed by atoms with van der Waals surface area (Å²) in [5, 5.41) is 2.81. The maximum Gasteiger partial charge on any atom is 0.251 e. The summed E-state index contributed by atoms with van der Waals surface area (Å²) in [5.74, 6) is 0.278. The van der Waals surface area contributed by atoms with Gasteiger partial charge in [0.2, 0.25) is 0 Å². The molecule has 2 atom stereocenters. The van der Waals surface area contributed by atoms with Crippen LogP contribution < -0.4 is 11.1 Å². The summed E-state index contributed by atoms with van der Waals surface area (Å²) in [6.07, 6.45) is 1.62. The molecule has 3 N–H and O–H groups in total. The Morgan fingerprint density at radius 2 is 2.18 bits per heavy atom. The standard InChI is InChI=1S/C12H18N2O2S/c1-8-4-5-10(13)6-11(8)12(15)14-9(2)7-17(3)16/h4-6,9H,7,13H2,1-3H3,(H,14,15). The van der Waals surface area contributed by atoms with E-state index in [0.717, 1.165) is 5.56 Å². The van der Waals surface area contributed by atoms with Crippen LogP contribution in [0.25, 0.3) is 0 Å². The van der Waals surface area contributed by atoms with Crippen molar-refractivity contribution in [1.82, 2.24) is 5.32 Å². The first kappa shape index (κ1) is 13.7. The molecule has 0 bridgehead atoms. The molecule has 0 heterocycles. The molecular weight excluding hydrogens is 236 g/mol. The van der Waals surface area contributed by atoms with E-state index in [1.807, 2.05) is 19.9 Å². The van der Waals surface area contributed by atoms with Crippen molar-refractivity contribution >= 4 is 22.4 Å². The summed E-state index contributed by atoms with van der Waals surface area (Å²) in [6, 6.07) is 5.11. The molecular formula is C12H18N2O2S. The van der Waals surface area contributed by atoms with Crippen LogP contribution in [0.15, 0.2) is 18.2 Å². The van der Waals surface area contributed by atoms with Crippen molar-refractivity contribution in [2.24, 2.45) is 0 Å². The lowest BCUT2D eigenvalue weighted by Gasteiger charge is -2.13. The van der Waals surface area contributed by atoms with E-state index in [1.165, 1.54) is 0 Å². The summed E-state index contributed by atoms with van der Waals surface area (Å²) in [4.78, 5) is 11.9. The highest BCUT2D eigenvalue weighted by Gasteiger charge is 2.13. The molecule has 2 unspecified atom stereocenters. The summed E-state index contributed by atoms with van der Waals surface area (Å²) < 4.78 is 11.0. The fourth-order valence-corrected chi connectivity index (χ4v) is 2.37. The first-order chi connectivity index (χ1) is 7.90. The number of carbonyl (C=O) groups excluding carboxylic acids is 1. The average Bonchev–Trinajstić information content (AvgIpc) is 2.20. The predicted octanol–water partition coefficient (Wildman–Crippen LogP) is 1.07. The molecule has 0 aliphatic rings. The first-order valence-electron chi connectivity index (χ1n) is 5.37. The molecule has 1 aromatic carbocycles. The summed E-state index contributed by atoms with van der Waals surface area (Å²) in [5.41, 5.74) is 7.66. The molecule has 5 heteroatoms. The van der Waals surface area contributed by atoms with Crippen LogP contribution >= 0.6 is 0 Å². The number of hydrogen-bond donors (Lipinski definition) is 2. The maximum atomic E-state index is 11.9. The van der Waals surface area contributed by atoms with Gasteiger partial charge in [0, 0.05) is 40.1 Å². The van der Waals surface area contributed by atoms with Gasteiger partial charge in [-0.05, 0) is 31.5 Å². The van der Waals surface area contributed by atoms with Crippen LogP contribution in [0.1, 0.15) is 22.8 Å². The van der Waals surface area contributed by atoms with Crippen molar-refractivity contribution in [3.8, 4) is 0 Å². The number of rotatable bonds is 4. The Balaban J connectivity index is 2.76. The number of nitrogens with two attached hydrogens (primary N) is 1. The van der Waals surface area contributed by atoms with Gasteiger partial charge in [-0.15, -0.1) is 0 Å². The van der Waals surface area contributed by atoms with Gasteiger partial charge in [0.05, 0.1) is 0 Å². The molecule has 4 nitrogen and oxygen atoms in total. The van der Waals surface area contributed by atoms with Crippen LogP contribution in [0.3, 0.4) is 0 Å². The molecule has 0 saturated heterocycles. The van der Waals surface area contributed by atoms with Crippen LogP contribution in [0.2, 0.25) is 0 Å². The summed E-state index contributed by atoms with van der Waals surface area (Å²) >= 11 is 0. The number of carbonyl (C=O) groups is 1. The molecule has 0 fully saturated rings. The number of aryl methyl sites for hydroxylation is 1. The minimum atomic E-state index is -0.918. The zero-order chi connectivity index (χ0) is 13.0. The van der Waals surface area contributed by atoms with Gasteiger partial charge in [-0.2, -0.15) is 0 Å². The van der Waals surface area contributed by atoms with Crippen LogP contribution in [-0.4, -0.2) is 28.2 Å². The van der Waals surface area contributed by atoms with E-state index in [0.29, 0.717) is 17.0 Å². The number of nitrogens with one attached hydrogen (secondary N) is 1. The smallest absolute Gasteiger partial charge is 0.251 e. The summed E-state index contributed by atoms with van der Waals surface area (Å²) in [6.45, 7) is 3.69. The topological polar surface area (TPSA) is 72.2 Å². The Kier molecular flexibility index (Phi) is 4.69. The fourth-order valence-electron chi connectivity index (χ4n) is 1.58. The van der Waals surface area contributed by atoms with Crippen LogP contribution in [0, 0.1) is 6.92 Å². The second-order valence-electron chi connectivity index (χ2n) is 4.19. The number of amides is 1. The number of hydrogen-bond acceptors (Lipinski definition) is 3. The van der Waals surface area contributed by atoms with Gasteiger partial charge in [-0.25, -0.2) is 0 Å². The zero-order valence-electron chi connectivity index (χ0n) is 10.3. The lowest BCUT2D eigenvalue weighted by atomic mass is 10.1. The van der Waals surface area contributed by atoms with Crippen molar-refractivity contribution in [3.05, 3.63) is 29.3 Å². The second kappa shape index (κ2) is 5.82. The fraction of sp³-hybridized carbons (Fsp3) is 0.417. The SMILES string of the molecule is Cc1ccc(N)cc1C(=O)NC(C)CS(C)=O. The van der Waals surface area contributed by atoms with Crippen molar-refractivity contribution in [2.45, 2.75) is 19.9 Å². The van der Waals surface area contributed by atoms with E-state index < -0.39 is 10.8 Å². The van der Waals surface area contributed by atoms with Crippen molar-refractivity contribution in [1.29, 1.82) is 0 Å².